The van der Waals surface area contributed by atoms with Crippen LogP contribution in [0.5, 0.6) is 5.75 Å². The quantitative estimate of drug-likeness (QED) is 0.722. The van der Waals surface area contributed by atoms with Gasteiger partial charge in [-0.3, -0.25) is 4.79 Å². The van der Waals surface area contributed by atoms with Crippen LogP contribution in [-0.4, -0.2) is 49.6 Å². The number of nitrogens with zero attached hydrogens (tertiary/aromatic N) is 1. The molecule has 0 unspecified atom stereocenters. The molecule has 7 heteroatoms. The fourth-order valence-electron chi connectivity index (χ4n) is 3.33. The first-order chi connectivity index (χ1) is 13.9. The second-order valence-corrected chi connectivity index (χ2v) is 6.77. The summed E-state index contributed by atoms with van der Waals surface area (Å²) in [4.78, 5) is 38.4. The van der Waals surface area contributed by atoms with Gasteiger partial charge in [0.2, 0.25) is 0 Å². The monoisotopic (exact) mass is 397 g/mol. The molecule has 0 aliphatic carbocycles. The van der Waals surface area contributed by atoms with Gasteiger partial charge in [-0.15, -0.1) is 0 Å². The van der Waals surface area contributed by atoms with E-state index >= 15 is 0 Å². The molecule has 0 saturated heterocycles. The average Bonchev–Trinajstić information content (AvgIpc) is 2.76. The van der Waals surface area contributed by atoms with Gasteiger partial charge in [0, 0.05) is 13.1 Å². The van der Waals surface area contributed by atoms with Crippen LogP contribution in [0.3, 0.4) is 0 Å². The first kappa shape index (κ1) is 20.4. The Morgan fingerprint density at radius 3 is 2.10 bits per heavy atom. The number of ether oxygens (including phenoxy) is 3. The molecule has 0 aromatic heterocycles. The lowest BCUT2D eigenvalue weighted by molar-refractivity contribution is -0.138. The van der Waals surface area contributed by atoms with Crippen LogP contribution >= 0.6 is 0 Å². The Balaban J connectivity index is 1.77. The van der Waals surface area contributed by atoms with Crippen molar-refractivity contribution < 1.29 is 28.6 Å². The summed E-state index contributed by atoms with van der Waals surface area (Å²) in [6.45, 7) is 2.78. The first-order valence-corrected chi connectivity index (χ1v) is 9.27. The molecule has 0 radical (unpaired) electrons. The van der Waals surface area contributed by atoms with Crippen molar-refractivity contribution in [2.45, 2.75) is 26.0 Å². The van der Waals surface area contributed by atoms with Crippen LogP contribution < -0.4 is 4.74 Å². The van der Waals surface area contributed by atoms with Gasteiger partial charge in [-0.05, 0) is 42.7 Å². The Morgan fingerprint density at radius 2 is 1.52 bits per heavy atom. The number of carbonyl (C=O) groups is 3. The zero-order valence-corrected chi connectivity index (χ0v) is 16.6. The standard InChI is InChI=1S/C22H23NO6/c1-14(20(24)23-9-8-15-6-4-5-7-16(15)13-23)29-19-11-17(21(25)27-2)10-18(12-19)22(26)28-3/h4-7,10-12,14H,8-9,13H2,1-3H3/t14-/m1/s1. The van der Waals surface area contributed by atoms with E-state index in [4.69, 9.17) is 14.2 Å². The number of amides is 1. The number of hydrogen-bond donors (Lipinski definition) is 0. The van der Waals surface area contributed by atoms with Crippen LogP contribution in [0.4, 0.5) is 0 Å². The predicted octanol–water partition coefficient (Wildman–Crippen LogP) is 2.61. The van der Waals surface area contributed by atoms with E-state index in [2.05, 4.69) is 6.07 Å². The molecular formula is C22H23NO6. The highest BCUT2D eigenvalue weighted by Gasteiger charge is 2.26. The molecule has 2 aromatic rings. The summed E-state index contributed by atoms with van der Waals surface area (Å²) < 4.78 is 15.2. The van der Waals surface area contributed by atoms with Crippen molar-refractivity contribution in [3.8, 4) is 5.75 Å². The molecule has 2 aromatic carbocycles. The molecule has 3 rings (SSSR count). The van der Waals surface area contributed by atoms with Crippen molar-refractivity contribution in [3.63, 3.8) is 0 Å². The van der Waals surface area contributed by atoms with E-state index in [9.17, 15) is 14.4 Å². The van der Waals surface area contributed by atoms with Crippen molar-refractivity contribution in [2.75, 3.05) is 20.8 Å². The molecule has 1 aliphatic heterocycles. The van der Waals surface area contributed by atoms with Crippen LogP contribution in [0, 0.1) is 0 Å². The summed E-state index contributed by atoms with van der Waals surface area (Å²) in [7, 11) is 2.49. The molecule has 152 valence electrons. The zero-order chi connectivity index (χ0) is 21.0. The minimum absolute atomic E-state index is 0.136. The van der Waals surface area contributed by atoms with E-state index in [1.807, 2.05) is 18.2 Å². The number of carbonyl (C=O) groups excluding carboxylic acids is 3. The van der Waals surface area contributed by atoms with Crippen LogP contribution in [0.15, 0.2) is 42.5 Å². The maximum atomic E-state index is 12.9. The largest absolute Gasteiger partial charge is 0.481 e. The minimum atomic E-state index is -0.793. The molecule has 1 amide bonds. The SMILES string of the molecule is COC(=O)c1cc(O[C@H](C)C(=O)N2CCc3ccccc3C2)cc(C(=O)OC)c1. The molecule has 7 nitrogen and oxygen atoms in total. The molecular weight excluding hydrogens is 374 g/mol. The molecule has 1 heterocycles. The third-order valence-corrected chi connectivity index (χ3v) is 4.85. The summed E-state index contributed by atoms with van der Waals surface area (Å²) in [6.07, 6.45) is -0.00229. The third kappa shape index (κ3) is 4.56. The number of fused-ring (bicyclic) bond motifs is 1. The fourth-order valence-corrected chi connectivity index (χ4v) is 3.33. The Kier molecular flexibility index (Phi) is 6.16. The van der Waals surface area contributed by atoms with E-state index in [0.717, 1.165) is 12.0 Å². The molecule has 0 fully saturated rings. The second-order valence-electron chi connectivity index (χ2n) is 6.77. The summed E-state index contributed by atoms with van der Waals surface area (Å²) in [6, 6.07) is 12.3. The lowest BCUT2D eigenvalue weighted by Gasteiger charge is -2.31. The van der Waals surface area contributed by atoms with Crippen LogP contribution in [0.2, 0.25) is 0 Å². The van der Waals surface area contributed by atoms with Crippen molar-refractivity contribution in [1.29, 1.82) is 0 Å². The van der Waals surface area contributed by atoms with Gasteiger partial charge < -0.3 is 19.1 Å². The highest BCUT2D eigenvalue weighted by molar-refractivity contribution is 5.96. The first-order valence-electron chi connectivity index (χ1n) is 9.27. The molecule has 0 N–H and O–H groups in total. The van der Waals surface area contributed by atoms with Crippen molar-refractivity contribution in [3.05, 3.63) is 64.7 Å². The van der Waals surface area contributed by atoms with E-state index < -0.39 is 18.0 Å². The normalized spacial score (nSPS) is 13.8. The molecule has 0 spiro atoms. The number of benzene rings is 2. The van der Waals surface area contributed by atoms with Gasteiger partial charge in [0.25, 0.3) is 5.91 Å². The predicted molar refractivity (Wildman–Crippen MR) is 105 cm³/mol. The lowest BCUT2D eigenvalue weighted by Crippen LogP contribution is -2.43. The van der Waals surface area contributed by atoms with E-state index in [-0.39, 0.29) is 22.8 Å². The van der Waals surface area contributed by atoms with Gasteiger partial charge in [-0.1, -0.05) is 24.3 Å². The summed E-state index contributed by atoms with van der Waals surface area (Å²) >= 11 is 0. The second kappa shape index (κ2) is 8.77. The summed E-state index contributed by atoms with van der Waals surface area (Å²) in [5, 5.41) is 0. The summed E-state index contributed by atoms with van der Waals surface area (Å²) in [5.74, 6) is -1.19. The number of esters is 2. The lowest BCUT2D eigenvalue weighted by atomic mass is 9.99. The maximum Gasteiger partial charge on any atom is 0.338 e. The fraction of sp³-hybridized carbons (Fsp3) is 0.318. The third-order valence-electron chi connectivity index (χ3n) is 4.85. The van der Waals surface area contributed by atoms with Gasteiger partial charge in [0.1, 0.15) is 5.75 Å². The van der Waals surface area contributed by atoms with Crippen LogP contribution in [0.25, 0.3) is 0 Å². The molecule has 1 atom stereocenters. The highest BCUT2D eigenvalue weighted by atomic mass is 16.5. The van der Waals surface area contributed by atoms with Gasteiger partial charge in [-0.2, -0.15) is 0 Å². The van der Waals surface area contributed by atoms with Crippen molar-refractivity contribution >= 4 is 17.8 Å². The van der Waals surface area contributed by atoms with Gasteiger partial charge in [0.05, 0.1) is 25.3 Å². The van der Waals surface area contributed by atoms with E-state index in [0.29, 0.717) is 13.1 Å². The average molecular weight is 397 g/mol. The van der Waals surface area contributed by atoms with Crippen LogP contribution in [0.1, 0.15) is 38.8 Å². The molecule has 0 saturated carbocycles. The molecule has 0 bridgehead atoms. The van der Waals surface area contributed by atoms with Gasteiger partial charge >= 0.3 is 11.9 Å². The van der Waals surface area contributed by atoms with Crippen LogP contribution in [-0.2, 0) is 27.2 Å². The topological polar surface area (TPSA) is 82.1 Å². The Morgan fingerprint density at radius 1 is 0.931 bits per heavy atom. The summed E-state index contributed by atoms with van der Waals surface area (Å²) in [5.41, 5.74) is 2.65. The van der Waals surface area contributed by atoms with Gasteiger partial charge in [-0.25, -0.2) is 9.59 Å². The van der Waals surface area contributed by atoms with Crippen molar-refractivity contribution in [1.82, 2.24) is 4.90 Å². The Labute approximate surface area is 169 Å². The Hall–Kier alpha value is -3.35. The minimum Gasteiger partial charge on any atom is -0.481 e. The number of rotatable bonds is 5. The molecule has 29 heavy (non-hydrogen) atoms. The van der Waals surface area contributed by atoms with Crippen molar-refractivity contribution in [2.24, 2.45) is 0 Å². The maximum absolute atomic E-state index is 12.9. The zero-order valence-electron chi connectivity index (χ0n) is 16.6. The van der Waals surface area contributed by atoms with E-state index in [1.54, 1.807) is 11.8 Å². The number of hydrogen-bond acceptors (Lipinski definition) is 6. The molecule has 1 aliphatic rings. The smallest absolute Gasteiger partial charge is 0.338 e. The van der Waals surface area contributed by atoms with E-state index in [1.165, 1.54) is 38.0 Å². The Bertz CT molecular complexity index is 904. The highest BCUT2D eigenvalue weighted by Crippen LogP contribution is 2.23. The van der Waals surface area contributed by atoms with Gasteiger partial charge in [0.15, 0.2) is 6.10 Å². The number of methoxy groups -OCH3 is 2.